The van der Waals surface area contributed by atoms with E-state index < -0.39 is 13.2 Å². The zero-order chi connectivity index (χ0) is 17.6. The summed E-state index contributed by atoms with van der Waals surface area (Å²) in [5.74, 6) is 0. The highest BCUT2D eigenvalue weighted by Gasteiger charge is 2.37. The maximum atomic E-state index is 12.9. The van der Waals surface area contributed by atoms with Crippen LogP contribution in [0.5, 0.6) is 0 Å². The van der Waals surface area contributed by atoms with Crippen LogP contribution in [0.15, 0.2) is 0 Å². The standard InChI is InChI=1S/C17H36NO4P/c1-5-9-11-13-15-21-23(20,17(19)18(7-3)8-4)22-16-14-12-10-6-2/h5-16H2,1-4H3. The van der Waals surface area contributed by atoms with Crippen molar-refractivity contribution in [1.82, 2.24) is 4.90 Å². The fourth-order valence-electron chi connectivity index (χ4n) is 2.24. The van der Waals surface area contributed by atoms with Gasteiger partial charge in [-0.25, -0.2) is 4.57 Å². The molecule has 0 rings (SSSR count). The Morgan fingerprint density at radius 3 is 1.57 bits per heavy atom. The van der Waals surface area contributed by atoms with Gasteiger partial charge in [0.25, 0.3) is 0 Å². The molecule has 6 heteroatoms. The van der Waals surface area contributed by atoms with E-state index in [2.05, 4.69) is 13.8 Å². The quantitative estimate of drug-likeness (QED) is 0.275. The summed E-state index contributed by atoms with van der Waals surface area (Å²) in [4.78, 5) is 14.0. The summed E-state index contributed by atoms with van der Waals surface area (Å²) in [6, 6.07) is 0. The molecule has 0 N–H and O–H groups in total. The average molecular weight is 349 g/mol. The van der Waals surface area contributed by atoms with Gasteiger partial charge in [0.1, 0.15) is 0 Å². The maximum Gasteiger partial charge on any atom is 0.418 e. The lowest BCUT2D eigenvalue weighted by molar-refractivity contribution is 0.177. The minimum absolute atomic E-state index is 0.319. The molecule has 5 nitrogen and oxygen atoms in total. The van der Waals surface area contributed by atoms with Crippen LogP contribution in [0.4, 0.5) is 4.79 Å². The molecule has 0 radical (unpaired) electrons. The van der Waals surface area contributed by atoms with Gasteiger partial charge in [-0.3, -0.25) is 4.79 Å². The molecule has 0 aliphatic rings. The van der Waals surface area contributed by atoms with Gasteiger partial charge < -0.3 is 13.9 Å². The third-order valence-electron chi connectivity index (χ3n) is 3.79. The van der Waals surface area contributed by atoms with Crippen molar-refractivity contribution in [1.29, 1.82) is 0 Å². The minimum atomic E-state index is -3.71. The van der Waals surface area contributed by atoms with Crippen LogP contribution in [-0.4, -0.2) is 36.9 Å². The summed E-state index contributed by atoms with van der Waals surface area (Å²) in [5, 5.41) is 0. The topological polar surface area (TPSA) is 55.8 Å². The van der Waals surface area contributed by atoms with Crippen LogP contribution in [0.1, 0.15) is 79.1 Å². The highest BCUT2D eigenvalue weighted by atomic mass is 31.2. The van der Waals surface area contributed by atoms with E-state index >= 15 is 0 Å². The average Bonchev–Trinajstić information content (AvgIpc) is 2.55. The molecule has 0 heterocycles. The zero-order valence-corrected chi connectivity index (χ0v) is 16.4. The molecule has 0 aliphatic carbocycles. The van der Waals surface area contributed by atoms with Crippen LogP contribution >= 0.6 is 7.60 Å². The van der Waals surface area contributed by atoms with Crippen molar-refractivity contribution in [2.24, 2.45) is 0 Å². The van der Waals surface area contributed by atoms with Gasteiger partial charge >= 0.3 is 13.2 Å². The predicted molar refractivity (Wildman–Crippen MR) is 96.1 cm³/mol. The van der Waals surface area contributed by atoms with Crippen molar-refractivity contribution in [3.63, 3.8) is 0 Å². The zero-order valence-electron chi connectivity index (χ0n) is 15.5. The van der Waals surface area contributed by atoms with Crippen molar-refractivity contribution < 1.29 is 18.4 Å². The van der Waals surface area contributed by atoms with E-state index in [9.17, 15) is 9.36 Å². The second-order valence-electron chi connectivity index (χ2n) is 5.74. The third-order valence-corrected chi connectivity index (χ3v) is 5.58. The van der Waals surface area contributed by atoms with Crippen LogP contribution in [0.3, 0.4) is 0 Å². The van der Waals surface area contributed by atoms with Crippen molar-refractivity contribution in [2.45, 2.75) is 79.1 Å². The van der Waals surface area contributed by atoms with Crippen LogP contribution in [0.2, 0.25) is 0 Å². The van der Waals surface area contributed by atoms with Gasteiger partial charge in [0.15, 0.2) is 0 Å². The molecule has 0 spiro atoms. The molecular weight excluding hydrogens is 313 g/mol. The smallest absolute Gasteiger partial charge is 0.333 e. The van der Waals surface area contributed by atoms with Gasteiger partial charge in [0.05, 0.1) is 13.2 Å². The lowest BCUT2D eigenvalue weighted by Gasteiger charge is -2.24. The Hall–Kier alpha value is -0.380. The van der Waals surface area contributed by atoms with Gasteiger partial charge in [0.2, 0.25) is 0 Å². The largest absolute Gasteiger partial charge is 0.418 e. The Labute approximate surface area is 142 Å². The molecule has 0 saturated heterocycles. The molecule has 0 aromatic heterocycles. The summed E-state index contributed by atoms with van der Waals surface area (Å²) in [6.07, 6.45) is 8.16. The van der Waals surface area contributed by atoms with Crippen LogP contribution in [-0.2, 0) is 13.6 Å². The number of carbonyl (C=O) groups is 1. The fraction of sp³-hybridized carbons (Fsp3) is 0.941. The van der Waals surface area contributed by atoms with Gasteiger partial charge in [-0.05, 0) is 26.7 Å². The minimum Gasteiger partial charge on any atom is -0.333 e. The second-order valence-corrected chi connectivity index (χ2v) is 7.63. The van der Waals surface area contributed by atoms with Crippen LogP contribution < -0.4 is 0 Å². The number of rotatable bonds is 15. The first-order valence-corrected chi connectivity index (χ1v) is 10.8. The number of hydrogen-bond acceptors (Lipinski definition) is 4. The Morgan fingerprint density at radius 1 is 0.783 bits per heavy atom. The van der Waals surface area contributed by atoms with Crippen molar-refractivity contribution in [3.8, 4) is 0 Å². The molecular formula is C17H36NO4P. The highest BCUT2D eigenvalue weighted by Crippen LogP contribution is 2.51. The van der Waals surface area contributed by atoms with E-state index in [1.165, 1.54) is 4.90 Å². The van der Waals surface area contributed by atoms with E-state index in [4.69, 9.17) is 9.05 Å². The van der Waals surface area contributed by atoms with Gasteiger partial charge in [-0.1, -0.05) is 52.4 Å². The number of hydrogen-bond donors (Lipinski definition) is 0. The SMILES string of the molecule is CCCCCCOP(=O)(OCCCCCC)C(=O)N(CC)CC. The lowest BCUT2D eigenvalue weighted by atomic mass is 10.2. The van der Waals surface area contributed by atoms with Crippen LogP contribution in [0, 0.1) is 0 Å². The Morgan fingerprint density at radius 2 is 1.22 bits per heavy atom. The first-order valence-electron chi connectivity index (χ1n) is 9.24. The molecule has 138 valence electrons. The van der Waals surface area contributed by atoms with Crippen molar-refractivity contribution in [3.05, 3.63) is 0 Å². The number of nitrogens with zero attached hydrogens (tertiary/aromatic N) is 1. The van der Waals surface area contributed by atoms with E-state index in [1.807, 2.05) is 13.8 Å². The summed E-state index contributed by atoms with van der Waals surface area (Å²) < 4.78 is 23.8. The number of amides is 1. The van der Waals surface area contributed by atoms with E-state index in [-0.39, 0.29) is 0 Å². The molecule has 23 heavy (non-hydrogen) atoms. The number of carbonyl (C=O) groups excluding carboxylic acids is 1. The van der Waals surface area contributed by atoms with Crippen LogP contribution in [0.25, 0.3) is 0 Å². The molecule has 0 aromatic rings. The van der Waals surface area contributed by atoms with E-state index in [1.54, 1.807) is 0 Å². The lowest BCUT2D eigenvalue weighted by Crippen LogP contribution is -2.30. The van der Waals surface area contributed by atoms with E-state index in [0.717, 1.165) is 51.4 Å². The molecule has 1 amide bonds. The second kappa shape index (κ2) is 14.0. The van der Waals surface area contributed by atoms with Gasteiger partial charge in [-0.2, -0.15) is 0 Å². The van der Waals surface area contributed by atoms with Crippen molar-refractivity contribution in [2.75, 3.05) is 26.3 Å². The predicted octanol–water partition coefficient (Wildman–Crippen LogP) is 5.84. The van der Waals surface area contributed by atoms with Gasteiger partial charge in [0, 0.05) is 13.1 Å². The first-order chi connectivity index (χ1) is 11.1. The summed E-state index contributed by atoms with van der Waals surface area (Å²) >= 11 is 0. The fourth-order valence-corrected chi connectivity index (χ4v) is 3.91. The summed E-state index contributed by atoms with van der Waals surface area (Å²) in [6.45, 7) is 9.67. The Kier molecular flexibility index (Phi) is 13.8. The number of unbranched alkanes of at least 4 members (excludes halogenated alkanes) is 6. The normalized spacial score (nSPS) is 11.7. The third kappa shape index (κ3) is 9.49. The molecule has 0 bridgehead atoms. The summed E-state index contributed by atoms with van der Waals surface area (Å²) in [7, 11) is -3.71. The molecule has 0 aromatic carbocycles. The van der Waals surface area contributed by atoms with Crippen molar-refractivity contribution >= 4 is 13.2 Å². The highest BCUT2D eigenvalue weighted by molar-refractivity contribution is 7.71. The molecule has 0 fully saturated rings. The molecule has 0 saturated carbocycles. The Balaban J connectivity index is 4.56. The monoisotopic (exact) mass is 349 g/mol. The Bertz CT molecular complexity index is 327. The maximum absolute atomic E-state index is 12.9. The molecule has 0 atom stereocenters. The molecule has 0 unspecified atom stereocenters. The molecule has 0 aliphatic heterocycles. The first kappa shape index (κ1) is 22.6. The van der Waals surface area contributed by atoms with Gasteiger partial charge in [-0.15, -0.1) is 0 Å². The van der Waals surface area contributed by atoms with E-state index in [0.29, 0.717) is 26.3 Å². The summed E-state index contributed by atoms with van der Waals surface area (Å²) in [5.41, 5.74) is -0.492.